The van der Waals surface area contributed by atoms with Gasteiger partial charge in [-0.2, -0.15) is 0 Å². The van der Waals surface area contributed by atoms with E-state index in [9.17, 15) is 4.39 Å². The molecule has 0 aliphatic heterocycles. The summed E-state index contributed by atoms with van der Waals surface area (Å²) in [5.74, 6) is 0.193. The number of nitrogens with two attached hydrogens (primary N) is 1. The highest BCUT2D eigenvalue weighted by atomic mass is 19.1. The molecule has 1 aromatic heterocycles. The molecule has 0 amide bonds. The van der Waals surface area contributed by atoms with Crippen LogP contribution in [-0.2, 0) is 0 Å². The maximum absolute atomic E-state index is 13.8. The zero-order valence-electron chi connectivity index (χ0n) is 9.96. The lowest BCUT2D eigenvalue weighted by atomic mass is 10.2. The molecule has 1 heterocycles. The molecule has 5 heteroatoms. The van der Waals surface area contributed by atoms with Crippen molar-refractivity contribution in [2.75, 3.05) is 18.0 Å². The molecule has 0 fully saturated rings. The van der Waals surface area contributed by atoms with E-state index in [4.69, 9.17) is 5.73 Å². The third-order valence-corrected chi connectivity index (χ3v) is 2.52. The lowest BCUT2D eigenvalue weighted by Crippen LogP contribution is -2.23. The van der Waals surface area contributed by atoms with Gasteiger partial charge in [0.15, 0.2) is 0 Å². The van der Waals surface area contributed by atoms with Crippen molar-refractivity contribution in [1.82, 2.24) is 9.97 Å². The molecule has 0 radical (unpaired) electrons. The van der Waals surface area contributed by atoms with Gasteiger partial charge in [-0.3, -0.25) is 0 Å². The van der Waals surface area contributed by atoms with Crippen LogP contribution in [0.25, 0.3) is 0 Å². The Bertz CT molecular complexity index is 489. The van der Waals surface area contributed by atoms with E-state index >= 15 is 0 Å². The van der Waals surface area contributed by atoms with Crippen molar-refractivity contribution >= 4 is 11.6 Å². The molecule has 0 saturated carbocycles. The molecule has 4 nitrogen and oxygen atoms in total. The van der Waals surface area contributed by atoms with E-state index < -0.39 is 0 Å². The minimum Gasteiger partial charge on any atom is -0.330 e. The number of benzene rings is 1. The molecule has 0 aliphatic rings. The minimum absolute atomic E-state index is 0.290. The van der Waals surface area contributed by atoms with Crippen molar-refractivity contribution in [3.05, 3.63) is 48.5 Å². The Morgan fingerprint density at radius 1 is 1.11 bits per heavy atom. The van der Waals surface area contributed by atoms with Gasteiger partial charge in [0, 0.05) is 18.9 Å². The number of rotatable bonds is 5. The third-order valence-electron chi connectivity index (χ3n) is 2.52. The quantitative estimate of drug-likeness (QED) is 0.877. The van der Waals surface area contributed by atoms with E-state index in [1.165, 1.54) is 6.07 Å². The van der Waals surface area contributed by atoms with Gasteiger partial charge >= 0.3 is 0 Å². The number of aromatic nitrogens is 2. The Morgan fingerprint density at radius 2 is 1.83 bits per heavy atom. The molecular weight excluding hydrogens is 231 g/mol. The van der Waals surface area contributed by atoms with Crippen molar-refractivity contribution in [3.8, 4) is 0 Å². The first-order chi connectivity index (χ1) is 8.83. The molecule has 0 unspecified atom stereocenters. The fourth-order valence-corrected chi connectivity index (χ4v) is 1.68. The van der Waals surface area contributed by atoms with Crippen LogP contribution < -0.4 is 10.6 Å². The maximum atomic E-state index is 13.8. The summed E-state index contributed by atoms with van der Waals surface area (Å²) in [4.78, 5) is 10.1. The maximum Gasteiger partial charge on any atom is 0.229 e. The van der Waals surface area contributed by atoms with Crippen LogP contribution in [0.1, 0.15) is 6.42 Å². The number of para-hydroxylation sites is 1. The van der Waals surface area contributed by atoms with Gasteiger partial charge < -0.3 is 10.6 Å². The highest BCUT2D eigenvalue weighted by Crippen LogP contribution is 2.24. The molecule has 2 N–H and O–H groups in total. The fourth-order valence-electron chi connectivity index (χ4n) is 1.68. The summed E-state index contributed by atoms with van der Waals surface area (Å²) < 4.78 is 13.8. The molecule has 18 heavy (non-hydrogen) atoms. The Balaban J connectivity index is 2.34. The van der Waals surface area contributed by atoms with Gasteiger partial charge in [-0.15, -0.1) is 0 Å². The van der Waals surface area contributed by atoms with Gasteiger partial charge in [0.05, 0.1) is 5.69 Å². The monoisotopic (exact) mass is 246 g/mol. The van der Waals surface area contributed by atoms with Gasteiger partial charge in [-0.1, -0.05) is 12.1 Å². The number of nitrogens with zero attached hydrogens (tertiary/aromatic N) is 3. The summed E-state index contributed by atoms with van der Waals surface area (Å²) in [6.07, 6.45) is 4.02. The summed E-state index contributed by atoms with van der Waals surface area (Å²) in [6, 6.07) is 8.31. The van der Waals surface area contributed by atoms with Crippen LogP contribution in [0.5, 0.6) is 0 Å². The number of anilines is 2. The van der Waals surface area contributed by atoms with Gasteiger partial charge in [-0.05, 0) is 31.2 Å². The highest BCUT2D eigenvalue weighted by molar-refractivity contribution is 5.57. The zero-order valence-corrected chi connectivity index (χ0v) is 9.96. The molecule has 0 saturated heterocycles. The Hall–Kier alpha value is -2.01. The van der Waals surface area contributed by atoms with Crippen molar-refractivity contribution in [1.29, 1.82) is 0 Å². The van der Waals surface area contributed by atoms with E-state index in [1.807, 2.05) is 0 Å². The standard InChI is InChI=1S/C13H15FN4/c14-11-5-1-2-6-12(11)18(10-3-7-15)13-16-8-4-9-17-13/h1-2,4-6,8-9H,3,7,10,15H2. The average molecular weight is 246 g/mol. The third kappa shape index (κ3) is 2.81. The van der Waals surface area contributed by atoms with E-state index in [0.29, 0.717) is 24.7 Å². The van der Waals surface area contributed by atoms with Crippen LogP contribution in [-0.4, -0.2) is 23.1 Å². The highest BCUT2D eigenvalue weighted by Gasteiger charge is 2.14. The van der Waals surface area contributed by atoms with Crippen LogP contribution in [0, 0.1) is 5.82 Å². The molecule has 0 bridgehead atoms. The fraction of sp³-hybridized carbons (Fsp3) is 0.231. The Morgan fingerprint density at radius 3 is 2.50 bits per heavy atom. The molecule has 0 aliphatic carbocycles. The summed E-state index contributed by atoms with van der Waals surface area (Å²) in [5.41, 5.74) is 5.98. The van der Waals surface area contributed by atoms with Gasteiger partial charge in [0.25, 0.3) is 0 Å². The SMILES string of the molecule is NCCCN(c1ncccn1)c1ccccc1F. The van der Waals surface area contributed by atoms with E-state index in [0.717, 1.165) is 6.42 Å². The number of hydrogen-bond donors (Lipinski definition) is 1. The summed E-state index contributed by atoms with van der Waals surface area (Å²) in [7, 11) is 0. The lowest BCUT2D eigenvalue weighted by Gasteiger charge is -2.22. The lowest BCUT2D eigenvalue weighted by molar-refractivity contribution is 0.622. The van der Waals surface area contributed by atoms with E-state index in [2.05, 4.69) is 9.97 Å². The second kappa shape index (κ2) is 6.07. The molecule has 0 spiro atoms. The first-order valence-corrected chi connectivity index (χ1v) is 5.82. The molecular formula is C13H15FN4. The van der Waals surface area contributed by atoms with Crippen molar-refractivity contribution in [2.24, 2.45) is 5.73 Å². The Kier molecular flexibility index (Phi) is 4.20. The number of halogens is 1. The zero-order chi connectivity index (χ0) is 12.8. The van der Waals surface area contributed by atoms with Crippen LogP contribution in [0.3, 0.4) is 0 Å². The summed E-state index contributed by atoms with van der Waals surface area (Å²) in [6.45, 7) is 1.12. The second-order valence-electron chi connectivity index (χ2n) is 3.79. The van der Waals surface area contributed by atoms with E-state index in [-0.39, 0.29) is 5.82 Å². The van der Waals surface area contributed by atoms with Crippen LogP contribution >= 0.6 is 0 Å². The van der Waals surface area contributed by atoms with Gasteiger partial charge in [0.2, 0.25) is 5.95 Å². The molecule has 2 rings (SSSR count). The molecule has 1 aromatic carbocycles. The van der Waals surface area contributed by atoms with Crippen LogP contribution in [0.15, 0.2) is 42.7 Å². The topological polar surface area (TPSA) is 55.0 Å². The number of hydrogen-bond acceptors (Lipinski definition) is 4. The minimum atomic E-state index is -0.290. The Labute approximate surface area is 105 Å². The van der Waals surface area contributed by atoms with E-state index in [1.54, 1.807) is 41.6 Å². The molecule has 2 aromatic rings. The van der Waals surface area contributed by atoms with Crippen LogP contribution in [0.2, 0.25) is 0 Å². The second-order valence-corrected chi connectivity index (χ2v) is 3.79. The summed E-state index contributed by atoms with van der Waals surface area (Å²) in [5, 5.41) is 0. The van der Waals surface area contributed by atoms with Crippen molar-refractivity contribution in [2.45, 2.75) is 6.42 Å². The average Bonchev–Trinajstić information content (AvgIpc) is 2.42. The smallest absolute Gasteiger partial charge is 0.229 e. The predicted molar refractivity (Wildman–Crippen MR) is 69.1 cm³/mol. The summed E-state index contributed by atoms with van der Waals surface area (Å²) >= 11 is 0. The molecule has 94 valence electrons. The first-order valence-electron chi connectivity index (χ1n) is 5.82. The van der Waals surface area contributed by atoms with Crippen molar-refractivity contribution in [3.63, 3.8) is 0 Å². The first kappa shape index (κ1) is 12.4. The van der Waals surface area contributed by atoms with Crippen LogP contribution in [0.4, 0.5) is 16.0 Å². The van der Waals surface area contributed by atoms with Crippen molar-refractivity contribution < 1.29 is 4.39 Å². The normalized spacial score (nSPS) is 10.3. The molecule has 0 atom stereocenters. The predicted octanol–water partition coefficient (Wildman–Crippen LogP) is 2.10. The van der Waals surface area contributed by atoms with Gasteiger partial charge in [0.1, 0.15) is 5.82 Å². The largest absolute Gasteiger partial charge is 0.330 e. The van der Waals surface area contributed by atoms with Gasteiger partial charge in [-0.25, -0.2) is 14.4 Å².